The lowest BCUT2D eigenvalue weighted by molar-refractivity contribution is -0.140. The van der Waals surface area contributed by atoms with E-state index in [9.17, 15) is 4.79 Å². The van der Waals surface area contributed by atoms with Crippen molar-refractivity contribution in [3.05, 3.63) is 0 Å². The Morgan fingerprint density at radius 1 is 1.33 bits per heavy atom. The number of carbonyl (C=O) groups excluding carboxylic acids is 1. The lowest BCUT2D eigenvalue weighted by Crippen LogP contribution is -2.03. The van der Waals surface area contributed by atoms with E-state index in [1.54, 1.807) is 0 Å². The summed E-state index contributed by atoms with van der Waals surface area (Å²) < 4.78 is 15.6. The van der Waals surface area contributed by atoms with Crippen LogP contribution in [0.1, 0.15) is 20.8 Å². The van der Waals surface area contributed by atoms with E-state index in [0.717, 1.165) is 0 Å². The van der Waals surface area contributed by atoms with E-state index >= 15 is 0 Å². The minimum atomic E-state index is -2.22. The van der Waals surface area contributed by atoms with Gasteiger partial charge in [-0.25, -0.2) is 0 Å². The molecule has 4 nitrogen and oxygen atoms in total. The Kier molecular flexibility index (Phi) is 8.75. The molecule has 0 aromatic rings. The van der Waals surface area contributed by atoms with Crippen molar-refractivity contribution < 1.29 is 18.6 Å². The summed E-state index contributed by atoms with van der Waals surface area (Å²) in [5, 5.41) is 0. The zero-order valence-corrected chi connectivity index (χ0v) is 11.8. The summed E-state index contributed by atoms with van der Waals surface area (Å²) in [5.41, 5.74) is -2.22. The zero-order chi connectivity index (χ0) is 11.7. The molecule has 0 radical (unpaired) electrons. The van der Waals surface area contributed by atoms with Crippen LogP contribution < -0.4 is 0 Å². The number of rotatable bonds is 8. The molecule has 0 N–H and O–H groups in total. The molecule has 0 atom stereocenters. The maximum absolute atomic E-state index is 10.5. The number of ether oxygens (including phenoxy) is 1. The normalized spacial score (nSPS) is 11.4. The van der Waals surface area contributed by atoms with Gasteiger partial charge in [0.05, 0.1) is 13.2 Å². The molecule has 0 unspecified atom stereocenters. The van der Waals surface area contributed by atoms with Crippen LogP contribution in [0.15, 0.2) is 0 Å². The Labute approximate surface area is 100.0 Å². The van der Waals surface area contributed by atoms with E-state index in [0.29, 0.717) is 25.6 Å². The summed E-state index contributed by atoms with van der Waals surface area (Å²) >= 11 is 6.69. The predicted octanol–water partition coefficient (Wildman–Crippen LogP) is 2.58. The van der Waals surface area contributed by atoms with Crippen molar-refractivity contribution >= 4 is 34.9 Å². The quantitative estimate of drug-likeness (QED) is 0.384. The third-order valence-corrected chi connectivity index (χ3v) is 6.74. The highest BCUT2D eigenvalue weighted by Crippen LogP contribution is 2.60. The topological polar surface area (TPSA) is 44.8 Å². The Morgan fingerprint density at radius 3 is 2.27 bits per heavy atom. The smallest absolute Gasteiger partial charge is 0.302 e. The van der Waals surface area contributed by atoms with Crippen molar-refractivity contribution in [1.82, 2.24) is 0 Å². The second-order valence-electron chi connectivity index (χ2n) is 2.46. The largest absolute Gasteiger partial charge is 0.465 e. The number of esters is 1. The van der Waals surface area contributed by atoms with Gasteiger partial charge in [-0.1, -0.05) is 11.4 Å². The maximum atomic E-state index is 10.5. The van der Waals surface area contributed by atoms with Crippen LogP contribution in [0.2, 0.25) is 0 Å². The highest BCUT2D eigenvalue weighted by Gasteiger charge is 2.18. The van der Waals surface area contributed by atoms with E-state index in [1.165, 1.54) is 18.3 Å². The van der Waals surface area contributed by atoms with Crippen LogP contribution in [-0.2, 0) is 30.4 Å². The predicted molar refractivity (Wildman–Crippen MR) is 66.6 cm³/mol. The van der Waals surface area contributed by atoms with Crippen molar-refractivity contribution in [1.29, 1.82) is 0 Å². The summed E-state index contributed by atoms with van der Waals surface area (Å²) in [6, 6.07) is 0. The fraction of sp³-hybridized carbons (Fsp3) is 0.875. The molecular weight excluding hydrogens is 255 g/mol. The lowest BCUT2D eigenvalue weighted by Gasteiger charge is -2.19. The molecule has 15 heavy (non-hydrogen) atoms. The molecule has 0 fully saturated rings. The van der Waals surface area contributed by atoms with Crippen molar-refractivity contribution in [2.75, 3.05) is 25.6 Å². The number of hydrogen-bond acceptors (Lipinski definition) is 6. The third-order valence-electron chi connectivity index (χ3n) is 1.21. The van der Waals surface area contributed by atoms with Crippen LogP contribution in [0.5, 0.6) is 0 Å². The van der Waals surface area contributed by atoms with E-state index in [-0.39, 0.29) is 5.97 Å². The molecule has 7 heteroatoms. The molecule has 0 aromatic carbocycles. The van der Waals surface area contributed by atoms with Gasteiger partial charge in [0, 0.05) is 12.7 Å². The molecule has 0 heterocycles. The summed E-state index contributed by atoms with van der Waals surface area (Å²) in [7, 11) is 0. The molecule has 0 aliphatic heterocycles. The highest BCUT2D eigenvalue weighted by molar-refractivity contribution is 8.67. The van der Waals surface area contributed by atoms with Crippen molar-refractivity contribution in [3.8, 4) is 0 Å². The van der Waals surface area contributed by atoms with Crippen LogP contribution in [0.4, 0.5) is 0 Å². The molecule has 90 valence electrons. The zero-order valence-electron chi connectivity index (χ0n) is 9.23. The first-order chi connectivity index (χ1) is 7.04. The molecule has 0 spiro atoms. The Hall–Kier alpha value is 0.390. The fourth-order valence-corrected chi connectivity index (χ4v) is 5.28. The fourth-order valence-electron chi connectivity index (χ4n) is 0.762. The summed E-state index contributed by atoms with van der Waals surface area (Å²) in [6.07, 6.45) is 0. The van der Waals surface area contributed by atoms with Gasteiger partial charge in [-0.05, 0) is 25.7 Å². The highest BCUT2D eigenvalue weighted by atomic mass is 32.9. The standard InChI is InChI=1S/C8H17O4PS2/c1-4-11-13(14,12-5-2)15-7-6-10-8(3)9/h4-7H2,1-3H3. The molecule has 0 saturated carbocycles. The molecule has 0 bridgehead atoms. The first-order valence-corrected chi connectivity index (χ1v) is 8.94. The molecule has 0 aromatic heterocycles. The third kappa shape index (κ3) is 8.22. The summed E-state index contributed by atoms with van der Waals surface area (Å²) in [6.45, 7) is 6.57. The van der Waals surface area contributed by atoms with Crippen molar-refractivity contribution in [2.45, 2.75) is 20.8 Å². The van der Waals surface area contributed by atoms with Gasteiger partial charge >= 0.3 is 5.97 Å². The van der Waals surface area contributed by atoms with Crippen molar-refractivity contribution in [2.24, 2.45) is 0 Å². The SMILES string of the molecule is CCOP(=S)(OCC)SCCOC(C)=O. The van der Waals surface area contributed by atoms with Crippen LogP contribution in [-0.4, -0.2) is 31.5 Å². The van der Waals surface area contributed by atoms with Gasteiger partial charge < -0.3 is 13.8 Å². The molecule has 0 aliphatic rings. The lowest BCUT2D eigenvalue weighted by atomic mass is 10.8. The van der Waals surface area contributed by atoms with Gasteiger partial charge in [-0.15, -0.1) is 0 Å². The van der Waals surface area contributed by atoms with Gasteiger partial charge in [0.2, 0.25) is 5.69 Å². The molecule has 0 rings (SSSR count). The Balaban J connectivity index is 3.85. The summed E-state index contributed by atoms with van der Waals surface area (Å²) in [5.74, 6) is 0.327. The van der Waals surface area contributed by atoms with E-state index in [4.69, 9.17) is 25.6 Å². The number of carbonyl (C=O) groups is 1. The van der Waals surface area contributed by atoms with Crippen LogP contribution in [0, 0.1) is 0 Å². The molecule has 0 amide bonds. The molecule has 0 aliphatic carbocycles. The van der Waals surface area contributed by atoms with Crippen LogP contribution in [0.25, 0.3) is 0 Å². The van der Waals surface area contributed by atoms with Crippen LogP contribution in [0.3, 0.4) is 0 Å². The minimum absolute atomic E-state index is 0.281. The molecule has 0 saturated heterocycles. The van der Waals surface area contributed by atoms with Crippen molar-refractivity contribution in [3.63, 3.8) is 0 Å². The second kappa shape index (κ2) is 8.53. The van der Waals surface area contributed by atoms with Gasteiger partial charge in [-0.3, -0.25) is 4.79 Å². The first-order valence-electron chi connectivity index (χ1n) is 4.71. The van der Waals surface area contributed by atoms with E-state index in [2.05, 4.69) is 0 Å². The van der Waals surface area contributed by atoms with Gasteiger partial charge in [0.1, 0.15) is 6.61 Å². The maximum Gasteiger partial charge on any atom is 0.302 e. The van der Waals surface area contributed by atoms with Gasteiger partial charge in [-0.2, -0.15) is 0 Å². The van der Waals surface area contributed by atoms with Crippen LogP contribution >= 0.6 is 17.1 Å². The van der Waals surface area contributed by atoms with E-state index < -0.39 is 5.69 Å². The monoisotopic (exact) mass is 272 g/mol. The Morgan fingerprint density at radius 2 is 1.87 bits per heavy atom. The average Bonchev–Trinajstić information content (AvgIpc) is 2.13. The van der Waals surface area contributed by atoms with E-state index in [1.807, 2.05) is 13.8 Å². The average molecular weight is 272 g/mol. The minimum Gasteiger partial charge on any atom is -0.465 e. The first kappa shape index (κ1) is 15.4. The Bertz CT molecular complexity index is 225. The van der Waals surface area contributed by atoms with Gasteiger partial charge in [0.25, 0.3) is 0 Å². The van der Waals surface area contributed by atoms with Gasteiger partial charge in [0.15, 0.2) is 0 Å². The second-order valence-corrected chi connectivity index (χ2v) is 8.89. The summed E-state index contributed by atoms with van der Waals surface area (Å²) in [4.78, 5) is 10.5. The number of hydrogen-bond donors (Lipinski definition) is 0. The molecular formula is C8H17O4PS2.